The molecule has 5 nitrogen and oxygen atoms in total. The fraction of sp³-hybridized carbons (Fsp3) is 0.583. The van der Waals surface area contributed by atoms with Crippen LogP contribution >= 0.6 is 0 Å². The number of aromatic nitrogens is 2. The molecule has 2 rings (SSSR count). The lowest BCUT2D eigenvalue weighted by atomic mass is 10.0. The van der Waals surface area contributed by atoms with E-state index in [1.54, 1.807) is 6.20 Å². The first-order valence-electron chi connectivity index (χ1n) is 6.11. The van der Waals surface area contributed by atoms with Gasteiger partial charge < -0.3 is 10.6 Å². The molecular formula is C12H18N4O. The molecule has 1 amide bonds. The van der Waals surface area contributed by atoms with Crippen LogP contribution in [0.25, 0.3) is 0 Å². The van der Waals surface area contributed by atoms with E-state index in [0.29, 0.717) is 6.04 Å². The maximum absolute atomic E-state index is 11.1. The van der Waals surface area contributed by atoms with Crippen LogP contribution in [-0.2, 0) is 0 Å². The minimum atomic E-state index is -0.524. The van der Waals surface area contributed by atoms with Gasteiger partial charge >= 0.3 is 0 Å². The molecule has 1 aromatic heterocycles. The molecule has 1 aliphatic rings. The van der Waals surface area contributed by atoms with Crippen molar-refractivity contribution >= 4 is 11.7 Å². The lowest BCUT2D eigenvalue weighted by Crippen LogP contribution is -2.40. The van der Waals surface area contributed by atoms with Gasteiger partial charge in [-0.05, 0) is 25.7 Å². The van der Waals surface area contributed by atoms with E-state index in [1.165, 1.54) is 25.5 Å². The molecule has 1 aromatic rings. The number of rotatable bonds is 3. The second-order valence-electron chi connectivity index (χ2n) is 4.38. The Morgan fingerprint density at radius 2 is 2.35 bits per heavy atom. The average molecular weight is 234 g/mol. The molecule has 5 heteroatoms. The van der Waals surface area contributed by atoms with Gasteiger partial charge in [-0.1, -0.05) is 6.92 Å². The molecule has 2 N–H and O–H groups in total. The predicted molar refractivity (Wildman–Crippen MR) is 65.8 cm³/mol. The smallest absolute Gasteiger partial charge is 0.268 e. The van der Waals surface area contributed by atoms with Gasteiger partial charge in [0.1, 0.15) is 11.5 Å². The molecule has 0 aromatic carbocycles. The van der Waals surface area contributed by atoms with Crippen molar-refractivity contribution in [3.63, 3.8) is 0 Å². The topological polar surface area (TPSA) is 72.1 Å². The zero-order valence-corrected chi connectivity index (χ0v) is 10.1. The highest BCUT2D eigenvalue weighted by atomic mass is 16.1. The van der Waals surface area contributed by atoms with Gasteiger partial charge in [-0.2, -0.15) is 0 Å². The fourth-order valence-corrected chi connectivity index (χ4v) is 2.34. The Kier molecular flexibility index (Phi) is 3.56. The van der Waals surface area contributed by atoms with Gasteiger partial charge in [-0.25, -0.2) is 4.98 Å². The van der Waals surface area contributed by atoms with Crippen molar-refractivity contribution in [3.8, 4) is 0 Å². The Labute approximate surface area is 101 Å². The van der Waals surface area contributed by atoms with Crippen LogP contribution in [0.5, 0.6) is 0 Å². The highest BCUT2D eigenvalue weighted by Gasteiger charge is 2.22. The maximum atomic E-state index is 11.1. The molecule has 1 unspecified atom stereocenters. The van der Waals surface area contributed by atoms with Crippen LogP contribution in [0.3, 0.4) is 0 Å². The zero-order valence-electron chi connectivity index (χ0n) is 10.1. The summed E-state index contributed by atoms with van der Waals surface area (Å²) in [6.45, 7) is 3.16. The van der Waals surface area contributed by atoms with E-state index >= 15 is 0 Å². The maximum Gasteiger partial charge on any atom is 0.268 e. The number of anilines is 1. The van der Waals surface area contributed by atoms with Crippen LogP contribution in [0.1, 0.15) is 43.1 Å². The molecule has 1 fully saturated rings. The molecule has 17 heavy (non-hydrogen) atoms. The van der Waals surface area contributed by atoms with Gasteiger partial charge in [-0.3, -0.25) is 9.78 Å². The standard InChI is InChI=1S/C12H18N4O/c1-2-9-5-3-4-6-16(9)11-8-14-7-10(15-11)12(13)17/h7-9H,2-6H2,1H3,(H2,13,17). The summed E-state index contributed by atoms with van der Waals surface area (Å²) in [6, 6.07) is 0.501. The molecular weight excluding hydrogens is 216 g/mol. The van der Waals surface area contributed by atoms with Gasteiger partial charge in [0.2, 0.25) is 0 Å². The van der Waals surface area contributed by atoms with Gasteiger partial charge in [0.25, 0.3) is 5.91 Å². The van der Waals surface area contributed by atoms with Gasteiger partial charge in [-0.15, -0.1) is 0 Å². The Balaban J connectivity index is 2.25. The first-order chi connectivity index (χ1) is 8.22. The summed E-state index contributed by atoms with van der Waals surface area (Å²) in [5.74, 6) is 0.247. The van der Waals surface area contributed by atoms with Crippen LogP contribution in [-0.4, -0.2) is 28.5 Å². The Bertz CT molecular complexity index is 407. The van der Waals surface area contributed by atoms with E-state index in [9.17, 15) is 4.79 Å². The van der Waals surface area contributed by atoms with Gasteiger partial charge in [0, 0.05) is 12.6 Å². The second-order valence-corrected chi connectivity index (χ2v) is 4.38. The third-order valence-electron chi connectivity index (χ3n) is 3.27. The highest BCUT2D eigenvalue weighted by molar-refractivity contribution is 5.90. The van der Waals surface area contributed by atoms with Crippen molar-refractivity contribution in [1.82, 2.24) is 9.97 Å². The third-order valence-corrected chi connectivity index (χ3v) is 3.27. The van der Waals surface area contributed by atoms with Crippen molar-refractivity contribution in [2.75, 3.05) is 11.4 Å². The first-order valence-corrected chi connectivity index (χ1v) is 6.11. The first kappa shape index (κ1) is 11.8. The molecule has 1 saturated heterocycles. The van der Waals surface area contributed by atoms with E-state index in [2.05, 4.69) is 21.8 Å². The van der Waals surface area contributed by atoms with Crippen molar-refractivity contribution in [3.05, 3.63) is 18.1 Å². The minimum Gasteiger partial charge on any atom is -0.364 e. The molecule has 0 aliphatic carbocycles. The van der Waals surface area contributed by atoms with Crippen LogP contribution in [0.4, 0.5) is 5.82 Å². The number of primary amides is 1. The minimum absolute atomic E-state index is 0.239. The summed E-state index contributed by atoms with van der Waals surface area (Å²) in [7, 11) is 0. The van der Waals surface area contributed by atoms with E-state index in [0.717, 1.165) is 18.8 Å². The van der Waals surface area contributed by atoms with Crippen molar-refractivity contribution in [2.24, 2.45) is 5.73 Å². The molecule has 0 radical (unpaired) electrons. The summed E-state index contributed by atoms with van der Waals surface area (Å²) < 4.78 is 0. The van der Waals surface area contributed by atoms with Crippen molar-refractivity contribution in [2.45, 2.75) is 38.6 Å². The van der Waals surface area contributed by atoms with Crippen molar-refractivity contribution in [1.29, 1.82) is 0 Å². The molecule has 0 bridgehead atoms. The molecule has 1 aliphatic heterocycles. The quantitative estimate of drug-likeness (QED) is 0.856. The number of nitrogens with zero attached hydrogens (tertiary/aromatic N) is 3. The third kappa shape index (κ3) is 2.54. The number of carbonyl (C=O) groups excluding carboxylic acids is 1. The molecule has 2 heterocycles. The van der Waals surface area contributed by atoms with Gasteiger partial charge in [0.05, 0.1) is 12.4 Å². The second kappa shape index (κ2) is 5.12. The highest BCUT2D eigenvalue weighted by Crippen LogP contribution is 2.24. The fourth-order valence-electron chi connectivity index (χ4n) is 2.34. The SMILES string of the molecule is CCC1CCCCN1c1cncc(C(N)=O)n1. The summed E-state index contributed by atoms with van der Waals surface area (Å²) in [5, 5.41) is 0. The number of carbonyl (C=O) groups is 1. The van der Waals surface area contributed by atoms with E-state index in [-0.39, 0.29) is 5.69 Å². The van der Waals surface area contributed by atoms with Crippen LogP contribution in [0, 0.1) is 0 Å². The monoisotopic (exact) mass is 234 g/mol. The number of hydrogen-bond acceptors (Lipinski definition) is 4. The summed E-state index contributed by atoms with van der Waals surface area (Å²) in [5.41, 5.74) is 5.46. The molecule has 0 saturated carbocycles. The summed E-state index contributed by atoms with van der Waals surface area (Å²) in [4.78, 5) is 21.7. The molecule has 0 spiro atoms. The number of hydrogen-bond donors (Lipinski definition) is 1. The largest absolute Gasteiger partial charge is 0.364 e. The Morgan fingerprint density at radius 1 is 1.53 bits per heavy atom. The predicted octanol–water partition coefficient (Wildman–Crippen LogP) is 1.34. The Morgan fingerprint density at radius 3 is 3.06 bits per heavy atom. The zero-order chi connectivity index (χ0) is 12.3. The lowest BCUT2D eigenvalue weighted by Gasteiger charge is -2.36. The average Bonchev–Trinajstić information content (AvgIpc) is 2.39. The lowest BCUT2D eigenvalue weighted by molar-refractivity contribution is 0.0995. The van der Waals surface area contributed by atoms with Crippen LogP contribution < -0.4 is 10.6 Å². The van der Waals surface area contributed by atoms with E-state index in [1.807, 2.05) is 0 Å². The number of nitrogens with two attached hydrogens (primary N) is 1. The van der Waals surface area contributed by atoms with E-state index < -0.39 is 5.91 Å². The van der Waals surface area contributed by atoms with E-state index in [4.69, 9.17) is 5.73 Å². The summed E-state index contributed by atoms with van der Waals surface area (Å²) in [6.07, 6.45) is 7.82. The molecule has 92 valence electrons. The van der Waals surface area contributed by atoms with Gasteiger partial charge in [0.15, 0.2) is 0 Å². The normalized spacial score (nSPS) is 20.3. The van der Waals surface area contributed by atoms with Crippen molar-refractivity contribution < 1.29 is 4.79 Å². The van der Waals surface area contributed by atoms with Crippen LogP contribution in [0.2, 0.25) is 0 Å². The molecule has 1 atom stereocenters. The van der Waals surface area contributed by atoms with Crippen LogP contribution in [0.15, 0.2) is 12.4 Å². The number of piperidine rings is 1. The summed E-state index contributed by atoms with van der Waals surface area (Å²) >= 11 is 0. The number of amides is 1. The Hall–Kier alpha value is -1.65.